The molecule has 7 heteroatoms. The zero-order chi connectivity index (χ0) is 12.2. The molecule has 0 aromatic carbocycles. The molecule has 0 fully saturated rings. The Hall–Kier alpha value is -0.920. The molecule has 6 nitrogen and oxygen atoms in total. The summed E-state index contributed by atoms with van der Waals surface area (Å²) in [5, 5.41) is 6.31. The van der Waals surface area contributed by atoms with Crippen LogP contribution >= 0.6 is 0 Å². The van der Waals surface area contributed by atoms with Crippen LogP contribution in [0.4, 0.5) is 0 Å². The van der Waals surface area contributed by atoms with Crippen molar-refractivity contribution in [1.82, 2.24) is 14.5 Å². The number of sulfonamides is 1. The predicted octanol–water partition coefficient (Wildman–Crippen LogP) is 0.289. The first-order valence-corrected chi connectivity index (χ1v) is 6.66. The molecule has 1 heterocycles. The number of aromatic amines is 1. The number of rotatable bonds is 6. The van der Waals surface area contributed by atoms with Crippen molar-refractivity contribution >= 4 is 10.0 Å². The molecule has 0 saturated carbocycles. The van der Waals surface area contributed by atoms with Crippen LogP contribution in [0.1, 0.15) is 25.3 Å². The van der Waals surface area contributed by atoms with E-state index in [9.17, 15) is 8.42 Å². The summed E-state index contributed by atoms with van der Waals surface area (Å²) in [4.78, 5) is 0. The third kappa shape index (κ3) is 2.60. The van der Waals surface area contributed by atoms with Gasteiger partial charge >= 0.3 is 0 Å². The van der Waals surface area contributed by atoms with Crippen molar-refractivity contribution in [3.05, 3.63) is 11.8 Å². The SMILES string of the molecule is CCCCN(C)S(=O)(=O)c1[nH]ncc1CN. The Balaban J connectivity index is 2.93. The molecule has 0 aliphatic carbocycles. The Kier molecular flexibility index (Phi) is 4.45. The summed E-state index contributed by atoms with van der Waals surface area (Å²) >= 11 is 0. The molecule has 0 bridgehead atoms. The van der Waals surface area contributed by atoms with Gasteiger partial charge < -0.3 is 5.73 Å². The second-order valence-electron chi connectivity index (χ2n) is 3.61. The van der Waals surface area contributed by atoms with Crippen molar-refractivity contribution in [3.8, 4) is 0 Å². The Labute approximate surface area is 95.9 Å². The molecule has 1 aromatic rings. The van der Waals surface area contributed by atoms with Crippen LogP contribution in [0.3, 0.4) is 0 Å². The molecule has 3 N–H and O–H groups in total. The maximum Gasteiger partial charge on any atom is 0.260 e. The number of hydrogen-bond donors (Lipinski definition) is 2. The first-order chi connectivity index (χ1) is 7.54. The van der Waals surface area contributed by atoms with Gasteiger partial charge in [-0.25, -0.2) is 8.42 Å². The standard InChI is InChI=1S/C9H18N4O2S/c1-3-4-5-13(2)16(14,15)9-8(6-10)7-11-12-9/h7H,3-6,10H2,1-2H3,(H,11,12). The highest BCUT2D eigenvalue weighted by Gasteiger charge is 2.24. The zero-order valence-electron chi connectivity index (χ0n) is 9.60. The molecule has 1 rings (SSSR count). The summed E-state index contributed by atoms with van der Waals surface area (Å²) in [6, 6.07) is 0. The highest BCUT2D eigenvalue weighted by molar-refractivity contribution is 7.89. The fourth-order valence-corrected chi connectivity index (χ4v) is 2.64. The van der Waals surface area contributed by atoms with E-state index in [0.29, 0.717) is 12.1 Å². The molecule has 0 aliphatic heterocycles. The number of nitrogens with two attached hydrogens (primary N) is 1. The number of hydrogen-bond acceptors (Lipinski definition) is 4. The largest absolute Gasteiger partial charge is 0.326 e. The zero-order valence-corrected chi connectivity index (χ0v) is 10.4. The lowest BCUT2D eigenvalue weighted by molar-refractivity contribution is 0.456. The highest BCUT2D eigenvalue weighted by Crippen LogP contribution is 2.16. The van der Waals surface area contributed by atoms with E-state index in [1.54, 1.807) is 7.05 Å². The Morgan fingerprint density at radius 3 is 2.81 bits per heavy atom. The Bertz CT molecular complexity index is 426. The molecule has 1 aromatic heterocycles. The van der Waals surface area contributed by atoms with Gasteiger partial charge in [0.25, 0.3) is 10.0 Å². The van der Waals surface area contributed by atoms with Gasteiger partial charge in [0.15, 0.2) is 5.03 Å². The summed E-state index contributed by atoms with van der Waals surface area (Å²) in [6.07, 6.45) is 3.23. The quantitative estimate of drug-likeness (QED) is 0.754. The Morgan fingerprint density at radius 1 is 1.56 bits per heavy atom. The van der Waals surface area contributed by atoms with Crippen LogP contribution in [0, 0.1) is 0 Å². The van der Waals surface area contributed by atoms with Gasteiger partial charge in [-0.15, -0.1) is 0 Å². The number of H-pyrrole nitrogens is 1. The van der Waals surface area contributed by atoms with Crippen LogP contribution in [-0.4, -0.2) is 36.5 Å². The van der Waals surface area contributed by atoms with Crippen LogP contribution in [-0.2, 0) is 16.6 Å². The molecule has 16 heavy (non-hydrogen) atoms. The lowest BCUT2D eigenvalue weighted by Gasteiger charge is -2.16. The van der Waals surface area contributed by atoms with Gasteiger partial charge in [-0.1, -0.05) is 13.3 Å². The summed E-state index contributed by atoms with van der Waals surface area (Å²) < 4.78 is 25.5. The summed E-state index contributed by atoms with van der Waals surface area (Å²) in [6.45, 7) is 2.68. The molecule has 0 saturated heterocycles. The fraction of sp³-hybridized carbons (Fsp3) is 0.667. The van der Waals surface area contributed by atoms with Crippen LogP contribution in [0.2, 0.25) is 0 Å². The van der Waals surface area contributed by atoms with Crippen LogP contribution in [0.25, 0.3) is 0 Å². The van der Waals surface area contributed by atoms with Gasteiger partial charge in [0.1, 0.15) is 0 Å². The van der Waals surface area contributed by atoms with Crippen molar-refractivity contribution in [2.24, 2.45) is 5.73 Å². The van der Waals surface area contributed by atoms with Crippen molar-refractivity contribution < 1.29 is 8.42 Å². The van der Waals surface area contributed by atoms with E-state index in [4.69, 9.17) is 5.73 Å². The Morgan fingerprint density at radius 2 is 2.25 bits per heavy atom. The van der Waals surface area contributed by atoms with Crippen molar-refractivity contribution in [1.29, 1.82) is 0 Å². The maximum atomic E-state index is 12.1. The van der Waals surface area contributed by atoms with E-state index >= 15 is 0 Å². The van der Waals surface area contributed by atoms with E-state index in [2.05, 4.69) is 10.2 Å². The molecule has 92 valence electrons. The number of nitrogens with zero attached hydrogens (tertiary/aromatic N) is 2. The second kappa shape index (κ2) is 5.42. The molecule has 0 spiro atoms. The average molecular weight is 246 g/mol. The minimum absolute atomic E-state index is 0.105. The third-order valence-electron chi connectivity index (χ3n) is 2.39. The smallest absolute Gasteiger partial charge is 0.260 e. The fourth-order valence-electron chi connectivity index (χ4n) is 1.32. The van der Waals surface area contributed by atoms with Crippen LogP contribution in [0.15, 0.2) is 11.2 Å². The topological polar surface area (TPSA) is 92.1 Å². The number of unbranched alkanes of at least 4 members (excludes halogenated alkanes) is 1. The van der Waals surface area contributed by atoms with Gasteiger partial charge in [-0.05, 0) is 6.42 Å². The van der Waals surface area contributed by atoms with Crippen molar-refractivity contribution in [3.63, 3.8) is 0 Å². The lowest BCUT2D eigenvalue weighted by Crippen LogP contribution is -2.29. The summed E-state index contributed by atoms with van der Waals surface area (Å²) in [5.41, 5.74) is 5.97. The molecule has 0 unspecified atom stereocenters. The summed E-state index contributed by atoms with van der Waals surface area (Å²) in [5.74, 6) is 0. The lowest BCUT2D eigenvalue weighted by atomic mass is 10.3. The average Bonchev–Trinajstić information content (AvgIpc) is 2.74. The first kappa shape index (κ1) is 13.1. The molecule has 0 amide bonds. The third-order valence-corrected chi connectivity index (χ3v) is 4.27. The highest BCUT2D eigenvalue weighted by atomic mass is 32.2. The molecule has 0 atom stereocenters. The molecular weight excluding hydrogens is 228 g/mol. The first-order valence-electron chi connectivity index (χ1n) is 5.22. The van der Waals surface area contributed by atoms with E-state index in [0.717, 1.165) is 12.8 Å². The number of aromatic nitrogens is 2. The molecular formula is C9H18N4O2S. The monoisotopic (exact) mass is 246 g/mol. The van der Waals surface area contributed by atoms with Crippen molar-refractivity contribution in [2.75, 3.05) is 13.6 Å². The maximum absolute atomic E-state index is 12.1. The van der Waals surface area contributed by atoms with Crippen LogP contribution in [0.5, 0.6) is 0 Å². The van der Waals surface area contributed by atoms with Crippen molar-refractivity contribution in [2.45, 2.75) is 31.3 Å². The minimum Gasteiger partial charge on any atom is -0.326 e. The van der Waals surface area contributed by atoms with Gasteiger partial charge in [0.05, 0.1) is 6.20 Å². The second-order valence-corrected chi connectivity index (χ2v) is 5.59. The minimum atomic E-state index is -3.48. The summed E-state index contributed by atoms with van der Waals surface area (Å²) in [7, 11) is -1.91. The van der Waals surface area contributed by atoms with Gasteiger partial charge in [-0.2, -0.15) is 9.40 Å². The predicted molar refractivity (Wildman–Crippen MR) is 61.2 cm³/mol. The van der Waals surface area contributed by atoms with Crippen LogP contribution < -0.4 is 5.73 Å². The van der Waals surface area contributed by atoms with E-state index in [1.807, 2.05) is 6.92 Å². The molecule has 0 radical (unpaired) electrons. The van der Waals surface area contributed by atoms with E-state index in [1.165, 1.54) is 10.5 Å². The van der Waals surface area contributed by atoms with Gasteiger partial charge in [0.2, 0.25) is 0 Å². The van der Waals surface area contributed by atoms with Gasteiger partial charge in [-0.3, -0.25) is 5.10 Å². The molecule has 0 aliphatic rings. The normalized spacial score (nSPS) is 12.2. The van der Waals surface area contributed by atoms with E-state index < -0.39 is 10.0 Å². The van der Waals surface area contributed by atoms with Gasteiger partial charge in [0, 0.05) is 25.7 Å². The number of nitrogens with one attached hydrogen (secondary N) is 1. The van der Waals surface area contributed by atoms with E-state index in [-0.39, 0.29) is 11.6 Å².